The Bertz CT molecular complexity index is 355. The van der Waals surface area contributed by atoms with Crippen LogP contribution in [0.15, 0.2) is 24.3 Å². The second kappa shape index (κ2) is 6.51. The molecule has 4 heteroatoms. The van der Waals surface area contributed by atoms with Crippen molar-refractivity contribution in [2.45, 2.75) is 19.4 Å². The van der Waals surface area contributed by atoms with Gasteiger partial charge < -0.3 is 10.6 Å². The van der Waals surface area contributed by atoms with Crippen molar-refractivity contribution in [1.82, 2.24) is 10.6 Å². The Balaban J connectivity index is 2.55. The van der Waals surface area contributed by atoms with Crippen molar-refractivity contribution in [3.05, 3.63) is 34.9 Å². The van der Waals surface area contributed by atoms with Gasteiger partial charge in [-0.25, -0.2) is 0 Å². The van der Waals surface area contributed by atoms with Crippen LogP contribution in [0, 0.1) is 0 Å². The smallest absolute Gasteiger partial charge is 0.221 e. The zero-order chi connectivity index (χ0) is 12.0. The summed E-state index contributed by atoms with van der Waals surface area (Å²) < 4.78 is 0. The fourth-order valence-corrected chi connectivity index (χ4v) is 1.76. The van der Waals surface area contributed by atoms with Crippen LogP contribution in [0.5, 0.6) is 0 Å². The van der Waals surface area contributed by atoms with Crippen molar-refractivity contribution in [3.8, 4) is 0 Å². The zero-order valence-corrected chi connectivity index (χ0v) is 10.3. The summed E-state index contributed by atoms with van der Waals surface area (Å²) >= 11 is 6.04. The number of amides is 1. The summed E-state index contributed by atoms with van der Waals surface area (Å²) in [5.74, 6) is 0.0294. The van der Waals surface area contributed by atoms with Gasteiger partial charge in [0, 0.05) is 18.0 Å². The molecule has 0 aliphatic rings. The summed E-state index contributed by atoms with van der Waals surface area (Å²) in [5, 5.41) is 6.53. The van der Waals surface area contributed by atoms with Gasteiger partial charge in [0.2, 0.25) is 5.91 Å². The van der Waals surface area contributed by atoms with E-state index in [-0.39, 0.29) is 11.9 Å². The molecule has 1 amide bonds. The quantitative estimate of drug-likeness (QED) is 0.828. The molecule has 0 heterocycles. The van der Waals surface area contributed by atoms with E-state index in [0.717, 1.165) is 5.56 Å². The van der Waals surface area contributed by atoms with Crippen LogP contribution in [0.1, 0.15) is 24.9 Å². The molecule has 1 aromatic rings. The van der Waals surface area contributed by atoms with Crippen molar-refractivity contribution in [2.75, 3.05) is 13.6 Å². The van der Waals surface area contributed by atoms with Gasteiger partial charge in [0.05, 0.1) is 6.04 Å². The fourth-order valence-electron chi connectivity index (χ4n) is 1.46. The minimum Gasteiger partial charge on any atom is -0.349 e. The highest BCUT2D eigenvalue weighted by Crippen LogP contribution is 2.21. The van der Waals surface area contributed by atoms with Crippen molar-refractivity contribution in [2.24, 2.45) is 0 Å². The molecule has 0 aliphatic carbocycles. The molecule has 0 saturated heterocycles. The predicted octanol–water partition coefficient (Wildman–Crippen LogP) is 2.13. The highest BCUT2D eigenvalue weighted by Gasteiger charge is 2.11. The van der Waals surface area contributed by atoms with E-state index in [1.807, 2.05) is 38.2 Å². The number of benzene rings is 1. The fraction of sp³-hybridized carbons (Fsp3) is 0.417. The van der Waals surface area contributed by atoms with E-state index >= 15 is 0 Å². The van der Waals surface area contributed by atoms with Crippen LogP contribution in [0.4, 0.5) is 0 Å². The van der Waals surface area contributed by atoms with Gasteiger partial charge in [-0.05, 0) is 25.6 Å². The average molecular weight is 241 g/mol. The topological polar surface area (TPSA) is 41.1 Å². The summed E-state index contributed by atoms with van der Waals surface area (Å²) in [6, 6.07) is 7.48. The third kappa shape index (κ3) is 3.83. The van der Waals surface area contributed by atoms with Gasteiger partial charge in [0.25, 0.3) is 0 Å². The number of hydrogen-bond acceptors (Lipinski definition) is 2. The molecule has 0 aliphatic heterocycles. The Morgan fingerprint density at radius 1 is 1.44 bits per heavy atom. The monoisotopic (exact) mass is 240 g/mol. The van der Waals surface area contributed by atoms with Gasteiger partial charge in [-0.2, -0.15) is 0 Å². The van der Waals surface area contributed by atoms with Gasteiger partial charge in [-0.3, -0.25) is 4.79 Å². The highest BCUT2D eigenvalue weighted by molar-refractivity contribution is 6.31. The normalized spacial score (nSPS) is 12.2. The van der Waals surface area contributed by atoms with Gasteiger partial charge in [0.1, 0.15) is 0 Å². The lowest BCUT2D eigenvalue weighted by molar-refractivity contribution is -0.121. The first-order valence-corrected chi connectivity index (χ1v) is 5.71. The Morgan fingerprint density at radius 3 is 2.75 bits per heavy atom. The first-order valence-electron chi connectivity index (χ1n) is 5.33. The molecule has 0 bridgehead atoms. The third-order valence-corrected chi connectivity index (χ3v) is 2.70. The molecule has 1 aromatic carbocycles. The minimum atomic E-state index is -0.0574. The Kier molecular flexibility index (Phi) is 5.29. The van der Waals surface area contributed by atoms with Crippen molar-refractivity contribution >= 4 is 17.5 Å². The first-order chi connectivity index (χ1) is 7.65. The maximum Gasteiger partial charge on any atom is 0.221 e. The van der Waals surface area contributed by atoms with Gasteiger partial charge >= 0.3 is 0 Å². The van der Waals surface area contributed by atoms with Gasteiger partial charge in [-0.15, -0.1) is 0 Å². The van der Waals surface area contributed by atoms with Crippen LogP contribution in [-0.2, 0) is 4.79 Å². The molecule has 0 spiro atoms. The third-order valence-electron chi connectivity index (χ3n) is 2.35. The highest BCUT2D eigenvalue weighted by atomic mass is 35.5. The molecule has 0 unspecified atom stereocenters. The maximum atomic E-state index is 11.5. The molecular weight excluding hydrogens is 224 g/mol. The molecular formula is C12H17ClN2O. The molecule has 1 rings (SSSR count). The summed E-state index contributed by atoms with van der Waals surface area (Å²) in [5.41, 5.74) is 0.946. The lowest BCUT2D eigenvalue weighted by Crippen LogP contribution is -2.29. The average Bonchev–Trinajstić information content (AvgIpc) is 2.26. The lowest BCUT2D eigenvalue weighted by atomic mass is 10.1. The summed E-state index contributed by atoms with van der Waals surface area (Å²) in [6.07, 6.45) is 0.477. The molecule has 1 atom stereocenters. The predicted molar refractivity (Wildman–Crippen MR) is 66.6 cm³/mol. The van der Waals surface area contributed by atoms with Crippen LogP contribution >= 0.6 is 11.6 Å². The molecule has 3 nitrogen and oxygen atoms in total. The molecule has 0 radical (unpaired) electrons. The summed E-state index contributed by atoms with van der Waals surface area (Å²) in [4.78, 5) is 11.5. The van der Waals surface area contributed by atoms with E-state index in [9.17, 15) is 4.79 Å². The number of nitrogens with one attached hydrogen (secondary N) is 2. The minimum absolute atomic E-state index is 0.0294. The molecule has 88 valence electrons. The summed E-state index contributed by atoms with van der Waals surface area (Å²) in [7, 11) is 1.82. The van der Waals surface area contributed by atoms with E-state index in [1.54, 1.807) is 0 Å². The number of carbonyl (C=O) groups excluding carboxylic acids is 1. The molecule has 2 N–H and O–H groups in total. The van der Waals surface area contributed by atoms with Crippen LogP contribution in [0.25, 0.3) is 0 Å². The Hall–Kier alpha value is -1.06. The molecule has 16 heavy (non-hydrogen) atoms. The maximum absolute atomic E-state index is 11.5. The van der Waals surface area contributed by atoms with Crippen LogP contribution in [0.3, 0.4) is 0 Å². The Morgan fingerprint density at radius 2 is 2.12 bits per heavy atom. The molecule has 0 aromatic heterocycles. The van der Waals surface area contributed by atoms with Crippen LogP contribution < -0.4 is 10.6 Å². The number of carbonyl (C=O) groups is 1. The largest absolute Gasteiger partial charge is 0.349 e. The second-order valence-corrected chi connectivity index (χ2v) is 4.07. The number of rotatable bonds is 5. The van der Waals surface area contributed by atoms with Crippen molar-refractivity contribution in [3.63, 3.8) is 0 Å². The van der Waals surface area contributed by atoms with E-state index < -0.39 is 0 Å². The van der Waals surface area contributed by atoms with E-state index in [4.69, 9.17) is 11.6 Å². The SMILES string of the molecule is CNCCC(=O)N[C@H](C)c1ccccc1Cl. The van der Waals surface area contributed by atoms with Crippen LogP contribution in [-0.4, -0.2) is 19.5 Å². The van der Waals surface area contributed by atoms with Crippen molar-refractivity contribution in [1.29, 1.82) is 0 Å². The number of halogens is 1. The van der Waals surface area contributed by atoms with Crippen LogP contribution in [0.2, 0.25) is 5.02 Å². The lowest BCUT2D eigenvalue weighted by Gasteiger charge is -2.15. The standard InChI is InChI=1S/C12H17ClN2O/c1-9(15-12(16)7-8-14-2)10-5-3-4-6-11(10)13/h3-6,9,14H,7-8H2,1-2H3,(H,15,16)/t9-/m1/s1. The molecule has 0 saturated carbocycles. The van der Waals surface area contributed by atoms with E-state index in [0.29, 0.717) is 18.0 Å². The van der Waals surface area contributed by atoms with E-state index in [1.165, 1.54) is 0 Å². The summed E-state index contributed by atoms with van der Waals surface area (Å²) in [6.45, 7) is 2.61. The molecule has 0 fully saturated rings. The van der Waals surface area contributed by atoms with E-state index in [2.05, 4.69) is 10.6 Å². The van der Waals surface area contributed by atoms with Gasteiger partial charge in [-0.1, -0.05) is 29.8 Å². The first kappa shape index (κ1) is 13.0. The van der Waals surface area contributed by atoms with Gasteiger partial charge in [0.15, 0.2) is 0 Å². The van der Waals surface area contributed by atoms with Crippen molar-refractivity contribution < 1.29 is 4.79 Å². The zero-order valence-electron chi connectivity index (χ0n) is 9.59. The number of hydrogen-bond donors (Lipinski definition) is 2. The Labute approximate surface area is 101 Å². The second-order valence-electron chi connectivity index (χ2n) is 3.66.